The highest BCUT2D eigenvalue weighted by molar-refractivity contribution is 8.00. The van der Waals surface area contributed by atoms with Crippen molar-refractivity contribution in [1.82, 2.24) is 20.3 Å². The molecule has 26 heavy (non-hydrogen) atoms. The van der Waals surface area contributed by atoms with E-state index in [0.29, 0.717) is 5.75 Å². The number of carbonyl (C=O) groups is 1. The van der Waals surface area contributed by atoms with Gasteiger partial charge in [-0.1, -0.05) is 0 Å². The van der Waals surface area contributed by atoms with E-state index in [-0.39, 0.29) is 29.6 Å². The third-order valence-electron chi connectivity index (χ3n) is 4.11. The zero-order chi connectivity index (χ0) is 18.2. The van der Waals surface area contributed by atoms with Crippen LogP contribution in [0.3, 0.4) is 0 Å². The standard InChI is InChI=1S/C18H19N5O2S/c19-11-16-18(22-10-9-21-16)25-14-3-1-13(2-4-14)23-17(24)12-26-15-5-7-20-8-6-15/h5-10,13-14H,1-4,12H2,(H,23,24). The Labute approximate surface area is 156 Å². The minimum Gasteiger partial charge on any atom is -0.472 e. The number of nitrogens with one attached hydrogen (secondary N) is 1. The fraction of sp³-hybridized carbons (Fsp3) is 0.389. The van der Waals surface area contributed by atoms with Crippen LogP contribution < -0.4 is 10.1 Å². The predicted molar refractivity (Wildman–Crippen MR) is 96.5 cm³/mol. The molecular weight excluding hydrogens is 350 g/mol. The molecule has 0 aromatic carbocycles. The van der Waals surface area contributed by atoms with E-state index in [2.05, 4.69) is 20.3 Å². The van der Waals surface area contributed by atoms with E-state index in [0.717, 1.165) is 30.6 Å². The summed E-state index contributed by atoms with van der Waals surface area (Å²) in [6.45, 7) is 0. The van der Waals surface area contributed by atoms with Crippen molar-refractivity contribution in [3.8, 4) is 11.9 Å². The molecule has 0 saturated heterocycles. The number of nitriles is 1. The van der Waals surface area contributed by atoms with Crippen LogP contribution in [0.2, 0.25) is 0 Å². The van der Waals surface area contributed by atoms with Crippen molar-refractivity contribution in [3.05, 3.63) is 42.6 Å². The summed E-state index contributed by atoms with van der Waals surface area (Å²) in [6.07, 6.45) is 9.74. The van der Waals surface area contributed by atoms with Gasteiger partial charge in [0.05, 0.1) is 5.75 Å². The SMILES string of the molecule is N#Cc1nccnc1OC1CCC(NC(=O)CSc2ccncc2)CC1. The first-order valence-electron chi connectivity index (χ1n) is 8.44. The maximum absolute atomic E-state index is 12.1. The number of ether oxygens (including phenoxy) is 1. The number of thioether (sulfide) groups is 1. The molecule has 1 aliphatic carbocycles. The maximum Gasteiger partial charge on any atom is 0.251 e. The molecule has 0 radical (unpaired) electrons. The van der Waals surface area contributed by atoms with Crippen molar-refractivity contribution in [3.63, 3.8) is 0 Å². The van der Waals surface area contributed by atoms with Gasteiger partial charge in [0.1, 0.15) is 12.2 Å². The molecule has 1 saturated carbocycles. The molecule has 2 heterocycles. The summed E-state index contributed by atoms with van der Waals surface area (Å²) in [4.78, 5) is 25.1. The summed E-state index contributed by atoms with van der Waals surface area (Å²) in [5.41, 5.74) is 0.205. The first-order valence-corrected chi connectivity index (χ1v) is 9.43. The number of hydrogen-bond donors (Lipinski definition) is 1. The summed E-state index contributed by atoms with van der Waals surface area (Å²) < 4.78 is 5.82. The predicted octanol–water partition coefficient (Wildman–Crippen LogP) is 2.34. The molecule has 0 bridgehead atoms. The molecule has 3 rings (SSSR count). The van der Waals surface area contributed by atoms with E-state index in [1.165, 1.54) is 24.2 Å². The molecule has 7 nitrogen and oxygen atoms in total. The summed E-state index contributed by atoms with van der Waals surface area (Å²) in [5.74, 6) is 0.721. The van der Waals surface area contributed by atoms with Crippen LogP contribution in [0.5, 0.6) is 5.88 Å². The Balaban J connectivity index is 1.41. The van der Waals surface area contributed by atoms with Crippen molar-refractivity contribution in [2.45, 2.75) is 42.7 Å². The molecule has 0 atom stereocenters. The molecule has 0 aliphatic heterocycles. The highest BCUT2D eigenvalue weighted by Crippen LogP contribution is 2.24. The summed E-state index contributed by atoms with van der Waals surface area (Å²) in [7, 11) is 0. The lowest BCUT2D eigenvalue weighted by atomic mass is 9.93. The van der Waals surface area contributed by atoms with E-state index in [1.54, 1.807) is 12.4 Å². The second kappa shape index (κ2) is 9.15. The van der Waals surface area contributed by atoms with Crippen molar-refractivity contribution in [2.24, 2.45) is 0 Å². The van der Waals surface area contributed by atoms with Gasteiger partial charge >= 0.3 is 0 Å². The van der Waals surface area contributed by atoms with Crippen LogP contribution in [0.4, 0.5) is 0 Å². The van der Waals surface area contributed by atoms with Gasteiger partial charge in [0.25, 0.3) is 5.88 Å². The Bertz CT molecular complexity index is 773. The number of nitrogens with zero attached hydrogens (tertiary/aromatic N) is 4. The van der Waals surface area contributed by atoms with Crippen LogP contribution in [0.1, 0.15) is 31.4 Å². The summed E-state index contributed by atoms with van der Waals surface area (Å²) in [6, 6.07) is 5.93. The van der Waals surface area contributed by atoms with Crippen LogP contribution in [-0.4, -0.2) is 38.8 Å². The molecule has 0 unspecified atom stereocenters. The lowest BCUT2D eigenvalue weighted by Gasteiger charge is -2.29. The zero-order valence-electron chi connectivity index (χ0n) is 14.2. The first-order chi connectivity index (χ1) is 12.7. The average Bonchev–Trinajstić information content (AvgIpc) is 2.69. The minimum atomic E-state index is -0.00172. The third kappa shape index (κ3) is 5.17. The highest BCUT2D eigenvalue weighted by atomic mass is 32.2. The topological polar surface area (TPSA) is 101 Å². The fourth-order valence-electron chi connectivity index (χ4n) is 2.82. The second-order valence-electron chi connectivity index (χ2n) is 5.95. The van der Waals surface area contributed by atoms with Crippen molar-refractivity contribution in [2.75, 3.05) is 5.75 Å². The van der Waals surface area contributed by atoms with Crippen LogP contribution in [0.15, 0.2) is 41.8 Å². The monoisotopic (exact) mass is 369 g/mol. The number of pyridine rings is 1. The van der Waals surface area contributed by atoms with Gasteiger partial charge in [-0.3, -0.25) is 9.78 Å². The maximum atomic E-state index is 12.1. The van der Waals surface area contributed by atoms with E-state index in [4.69, 9.17) is 10.00 Å². The van der Waals surface area contributed by atoms with Gasteiger partial charge in [-0.15, -0.1) is 11.8 Å². The average molecular weight is 369 g/mol. The Morgan fingerprint density at radius 3 is 2.65 bits per heavy atom. The highest BCUT2D eigenvalue weighted by Gasteiger charge is 2.24. The van der Waals surface area contributed by atoms with Gasteiger partial charge in [0, 0.05) is 35.7 Å². The molecule has 0 spiro atoms. The molecule has 1 aliphatic rings. The molecule has 8 heteroatoms. The lowest BCUT2D eigenvalue weighted by molar-refractivity contribution is -0.119. The van der Waals surface area contributed by atoms with Crippen LogP contribution in [-0.2, 0) is 4.79 Å². The largest absolute Gasteiger partial charge is 0.472 e. The molecular formula is C18H19N5O2S. The van der Waals surface area contributed by atoms with Crippen molar-refractivity contribution >= 4 is 17.7 Å². The van der Waals surface area contributed by atoms with E-state index < -0.39 is 0 Å². The van der Waals surface area contributed by atoms with E-state index >= 15 is 0 Å². The number of rotatable bonds is 6. The zero-order valence-corrected chi connectivity index (χ0v) is 15.0. The second-order valence-corrected chi connectivity index (χ2v) is 7.00. The molecule has 2 aromatic heterocycles. The number of hydrogen-bond acceptors (Lipinski definition) is 7. The molecule has 1 amide bonds. The van der Waals surface area contributed by atoms with Crippen molar-refractivity contribution in [1.29, 1.82) is 5.26 Å². The number of aromatic nitrogens is 3. The smallest absolute Gasteiger partial charge is 0.251 e. The van der Waals surface area contributed by atoms with E-state index in [1.807, 2.05) is 18.2 Å². The summed E-state index contributed by atoms with van der Waals surface area (Å²) >= 11 is 1.50. The Hall–Kier alpha value is -2.66. The van der Waals surface area contributed by atoms with Gasteiger partial charge in [-0.05, 0) is 37.8 Å². The van der Waals surface area contributed by atoms with Gasteiger partial charge in [0.2, 0.25) is 11.6 Å². The number of carbonyl (C=O) groups excluding carboxylic acids is 1. The third-order valence-corrected chi connectivity index (χ3v) is 5.12. The first kappa shape index (κ1) is 18.1. The molecule has 1 N–H and O–H groups in total. The Morgan fingerprint density at radius 2 is 1.92 bits per heavy atom. The van der Waals surface area contributed by atoms with E-state index in [9.17, 15) is 4.79 Å². The Kier molecular flexibility index (Phi) is 6.39. The quantitative estimate of drug-likeness (QED) is 0.780. The molecule has 1 fully saturated rings. The van der Waals surface area contributed by atoms with Gasteiger partial charge < -0.3 is 10.1 Å². The normalized spacial score (nSPS) is 19.3. The van der Waals surface area contributed by atoms with Gasteiger partial charge in [-0.2, -0.15) is 5.26 Å². The fourth-order valence-corrected chi connectivity index (χ4v) is 3.52. The van der Waals surface area contributed by atoms with Crippen LogP contribution in [0, 0.1) is 11.3 Å². The van der Waals surface area contributed by atoms with Crippen LogP contribution >= 0.6 is 11.8 Å². The lowest BCUT2D eigenvalue weighted by Crippen LogP contribution is -2.40. The Morgan fingerprint density at radius 1 is 1.19 bits per heavy atom. The van der Waals surface area contributed by atoms with Gasteiger partial charge in [0.15, 0.2) is 0 Å². The number of amides is 1. The van der Waals surface area contributed by atoms with Gasteiger partial charge in [-0.25, -0.2) is 9.97 Å². The minimum absolute atomic E-state index is 0.00172. The molecule has 134 valence electrons. The molecule has 2 aromatic rings. The summed E-state index contributed by atoms with van der Waals surface area (Å²) in [5, 5.41) is 12.1. The van der Waals surface area contributed by atoms with Crippen LogP contribution in [0.25, 0.3) is 0 Å². The van der Waals surface area contributed by atoms with Crippen molar-refractivity contribution < 1.29 is 9.53 Å².